The summed E-state index contributed by atoms with van der Waals surface area (Å²) in [5.74, 6) is 1.27. The summed E-state index contributed by atoms with van der Waals surface area (Å²) < 4.78 is 16.3. The molecule has 2 aromatic rings. The molecule has 1 saturated heterocycles. The highest BCUT2D eigenvalue weighted by Gasteiger charge is 2.15. The van der Waals surface area contributed by atoms with Gasteiger partial charge in [-0.2, -0.15) is 0 Å². The Morgan fingerprint density at radius 3 is 2.74 bits per heavy atom. The Morgan fingerprint density at radius 2 is 2.00 bits per heavy atom. The molecule has 0 spiro atoms. The molecule has 0 unspecified atom stereocenters. The molecule has 1 aliphatic rings. The second-order valence-corrected chi connectivity index (χ2v) is 4.41. The van der Waals surface area contributed by atoms with Crippen molar-refractivity contribution in [1.29, 1.82) is 0 Å². The van der Waals surface area contributed by atoms with Crippen molar-refractivity contribution >= 4 is 16.9 Å². The standard InChI is InChI=1S/C14H15NO4/c1-17-10-2-3-11-12(16)9-14(19-13(11)8-10)15-4-6-18-7-5-15/h2-3,8-9H,4-7H2,1H3/i1-1. The van der Waals surface area contributed by atoms with Crippen molar-refractivity contribution < 1.29 is 13.9 Å². The van der Waals surface area contributed by atoms with Gasteiger partial charge in [-0.05, 0) is 12.1 Å². The highest BCUT2D eigenvalue weighted by atomic mass is 16.5. The SMILES string of the molecule is [11CH3]Oc1ccc2c(=O)cc(N3CCOCC3)oc2c1. The Morgan fingerprint density at radius 1 is 1.21 bits per heavy atom. The molecule has 0 aliphatic carbocycles. The van der Waals surface area contributed by atoms with E-state index in [1.807, 2.05) is 4.90 Å². The minimum atomic E-state index is -0.0367. The first kappa shape index (κ1) is 12.0. The quantitative estimate of drug-likeness (QED) is 0.821. The molecule has 0 saturated carbocycles. The molecule has 0 bridgehead atoms. The van der Waals surface area contributed by atoms with Crippen molar-refractivity contribution in [2.45, 2.75) is 0 Å². The van der Waals surface area contributed by atoms with Crippen LogP contribution in [0.4, 0.5) is 5.88 Å². The van der Waals surface area contributed by atoms with Crippen LogP contribution in [0.2, 0.25) is 0 Å². The lowest BCUT2D eigenvalue weighted by Gasteiger charge is -2.27. The molecular weight excluding hydrogens is 245 g/mol. The molecule has 1 fully saturated rings. The van der Waals surface area contributed by atoms with Crippen LogP contribution in [-0.4, -0.2) is 33.4 Å². The molecule has 5 heteroatoms. The lowest BCUT2D eigenvalue weighted by atomic mass is 10.2. The van der Waals surface area contributed by atoms with E-state index in [0.717, 1.165) is 13.1 Å². The Hall–Kier alpha value is -2.01. The molecule has 19 heavy (non-hydrogen) atoms. The second kappa shape index (κ2) is 4.93. The number of morpholine rings is 1. The number of nitrogens with zero attached hydrogens (tertiary/aromatic N) is 1. The summed E-state index contributed by atoms with van der Waals surface area (Å²) in [6.07, 6.45) is 0. The van der Waals surface area contributed by atoms with Gasteiger partial charge >= 0.3 is 0 Å². The summed E-state index contributed by atoms with van der Waals surface area (Å²) in [6.45, 7) is 2.77. The smallest absolute Gasteiger partial charge is 0.200 e. The van der Waals surface area contributed by atoms with Gasteiger partial charge < -0.3 is 18.8 Å². The van der Waals surface area contributed by atoms with E-state index in [-0.39, 0.29) is 5.43 Å². The van der Waals surface area contributed by atoms with Crippen LogP contribution < -0.4 is 15.1 Å². The van der Waals surface area contributed by atoms with Crippen LogP contribution in [0.1, 0.15) is 0 Å². The Bertz CT molecular complexity index is 643. The maximum absolute atomic E-state index is 12.1. The van der Waals surface area contributed by atoms with Gasteiger partial charge in [0.2, 0.25) is 0 Å². The van der Waals surface area contributed by atoms with E-state index in [9.17, 15) is 4.79 Å². The largest absolute Gasteiger partial charge is 0.497 e. The maximum Gasteiger partial charge on any atom is 0.200 e. The predicted molar refractivity (Wildman–Crippen MR) is 72.1 cm³/mol. The fourth-order valence-electron chi connectivity index (χ4n) is 2.19. The lowest BCUT2D eigenvalue weighted by Crippen LogP contribution is -2.36. The normalized spacial score (nSPS) is 15.7. The predicted octanol–water partition coefficient (Wildman–Crippen LogP) is 1.64. The first-order chi connectivity index (χ1) is 9.28. The summed E-state index contributed by atoms with van der Waals surface area (Å²) in [7, 11) is 1.59. The minimum absolute atomic E-state index is 0.0367. The maximum atomic E-state index is 12.1. The van der Waals surface area contributed by atoms with Gasteiger partial charge in [0.05, 0.1) is 25.7 Å². The number of methoxy groups -OCH3 is 1. The molecule has 0 amide bonds. The van der Waals surface area contributed by atoms with Gasteiger partial charge in [-0.25, -0.2) is 0 Å². The number of ether oxygens (including phenoxy) is 2. The van der Waals surface area contributed by atoms with Crippen molar-refractivity contribution in [2.24, 2.45) is 0 Å². The number of anilines is 1. The molecule has 5 nitrogen and oxygen atoms in total. The van der Waals surface area contributed by atoms with E-state index in [1.165, 1.54) is 0 Å². The first-order valence-electron chi connectivity index (χ1n) is 6.22. The van der Waals surface area contributed by atoms with E-state index >= 15 is 0 Å². The van der Waals surface area contributed by atoms with Gasteiger partial charge in [-0.3, -0.25) is 4.79 Å². The molecule has 1 aliphatic heterocycles. The van der Waals surface area contributed by atoms with Crippen molar-refractivity contribution in [3.05, 3.63) is 34.5 Å². The van der Waals surface area contributed by atoms with Crippen LogP contribution >= 0.6 is 0 Å². The zero-order valence-corrected chi connectivity index (χ0v) is 10.7. The van der Waals surface area contributed by atoms with E-state index < -0.39 is 0 Å². The van der Waals surface area contributed by atoms with Crippen LogP contribution in [0.25, 0.3) is 11.0 Å². The summed E-state index contributed by atoms with van der Waals surface area (Å²) >= 11 is 0. The highest BCUT2D eigenvalue weighted by Crippen LogP contribution is 2.23. The second-order valence-electron chi connectivity index (χ2n) is 4.41. The Balaban J connectivity index is 2.08. The molecule has 0 atom stereocenters. The van der Waals surface area contributed by atoms with E-state index in [1.54, 1.807) is 31.4 Å². The van der Waals surface area contributed by atoms with Crippen LogP contribution in [0.15, 0.2) is 33.5 Å². The van der Waals surface area contributed by atoms with Crippen molar-refractivity contribution in [3.63, 3.8) is 0 Å². The van der Waals surface area contributed by atoms with Gasteiger partial charge in [0.15, 0.2) is 11.3 Å². The summed E-state index contributed by atoms with van der Waals surface area (Å²) in [5.41, 5.74) is 0.513. The van der Waals surface area contributed by atoms with E-state index in [2.05, 4.69) is 0 Å². The average Bonchev–Trinajstić information content (AvgIpc) is 2.47. The number of hydrogen-bond donors (Lipinski definition) is 0. The third kappa shape index (κ3) is 2.29. The summed E-state index contributed by atoms with van der Waals surface area (Å²) in [4.78, 5) is 14.1. The molecule has 3 rings (SSSR count). The van der Waals surface area contributed by atoms with Crippen molar-refractivity contribution in [1.82, 2.24) is 0 Å². The molecule has 1 aromatic heterocycles. The molecule has 2 heterocycles. The van der Waals surface area contributed by atoms with Crippen LogP contribution in [-0.2, 0) is 4.74 Å². The fourth-order valence-corrected chi connectivity index (χ4v) is 2.19. The zero-order chi connectivity index (χ0) is 13.2. The third-order valence-electron chi connectivity index (χ3n) is 3.25. The number of rotatable bonds is 2. The molecule has 1 aromatic carbocycles. The van der Waals surface area contributed by atoms with Crippen LogP contribution in [0, 0.1) is 0 Å². The Labute approximate surface area is 110 Å². The monoisotopic (exact) mass is 260 g/mol. The fraction of sp³-hybridized carbons (Fsp3) is 0.357. The average molecular weight is 260 g/mol. The van der Waals surface area contributed by atoms with Gasteiger partial charge in [0.1, 0.15) is 11.3 Å². The van der Waals surface area contributed by atoms with Gasteiger partial charge in [-0.15, -0.1) is 0 Å². The first-order valence-corrected chi connectivity index (χ1v) is 6.22. The molecule has 0 N–H and O–H groups in total. The van der Waals surface area contributed by atoms with Crippen LogP contribution in [0.3, 0.4) is 0 Å². The zero-order valence-electron chi connectivity index (χ0n) is 10.7. The Kier molecular flexibility index (Phi) is 3.13. The van der Waals surface area contributed by atoms with Crippen LogP contribution in [0.5, 0.6) is 5.75 Å². The topological polar surface area (TPSA) is 51.9 Å². The van der Waals surface area contributed by atoms with Gasteiger partial charge in [-0.1, -0.05) is 0 Å². The van der Waals surface area contributed by atoms with Crippen molar-refractivity contribution in [3.8, 4) is 5.75 Å². The minimum Gasteiger partial charge on any atom is -0.497 e. The lowest BCUT2D eigenvalue weighted by molar-refractivity contribution is 0.121. The number of fused-ring (bicyclic) bond motifs is 1. The number of benzene rings is 1. The molecule has 0 radical (unpaired) electrons. The van der Waals surface area contributed by atoms with Gasteiger partial charge in [0.25, 0.3) is 0 Å². The summed E-state index contributed by atoms with van der Waals surface area (Å²) in [5, 5.41) is 0.567. The summed E-state index contributed by atoms with van der Waals surface area (Å²) in [6, 6.07) is 6.76. The molecule has 100 valence electrons. The molecular formula is C14H15NO4. The number of hydrogen-bond acceptors (Lipinski definition) is 5. The third-order valence-corrected chi connectivity index (χ3v) is 3.25. The van der Waals surface area contributed by atoms with Crippen molar-refractivity contribution in [2.75, 3.05) is 38.3 Å². The van der Waals surface area contributed by atoms with Gasteiger partial charge in [0, 0.05) is 25.2 Å². The van der Waals surface area contributed by atoms with E-state index in [4.69, 9.17) is 13.9 Å². The highest BCUT2D eigenvalue weighted by molar-refractivity contribution is 5.79. The van der Waals surface area contributed by atoms with E-state index in [0.29, 0.717) is 35.8 Å².